The van der Waals surface area contributed by atoms with Crippen molar-refractivity contribution in [1.82, 2.24) is 4.90 Å². The van der Waals surface area contributed by atoms with Crippen molar-refractivity contribution in [2.75, 3.05) is 19.6 Å². The third kappa shape index (κ3) is 3.44. The van der Waals surface area contributed by atoms with Crippen LogP contribution < -0.4 is 0 Å². The highest BCUT2D eigenvalue weighted by molar-refractivity contribution is 5.66. The highest BCUT2D eigenvalue weighted by atomic mass is 16.4. The molecule has 0 bridgehead atoms. The first-order chi connectivity index (χ1) is 8.01. The number of hydrogen-bond donors (Lipinski definition) is 1. The lowest BCUT2D eigenvalue weighted by atomic mass is 9.87. The van der Waals surface area contributed by atoms with E-state index in [-0.39, 0.29) is 0 Å². The number of carbonyl (C=O) groups is 1. The van der Waals surface area contributed by atoms with Gasteiger partial charge in [0.15, 0.2) is 0 Å². The molecule has 1 spiro atoms. The molecule has 0 aromatic heterocycles. The molecule has 98 valence electrons. The first-order valence-electron chi connectivity index (χ1n) is 6.95. The van der Waals surface area contributed by atoms with Gasteiger partial charge in [0.25, 0.3) is 0 Å². The number of hydrogen-bond acceptors (Lipinski definition) is 2. The second-order valence-corrected chi connectivity index (χ2v) is 6.44. The molecule has 1 heterocycles. The molecule has 1 atom stereocenters. The van der Waals surface area contributed by atoms with Gasteiger partial charge in [-0.25, -0.2) is 0 Å². The fourth-order valence-electron chi connectivity index (χ4n) is 3.02. The normalized spacial score (nSPS) is 23.7. The Kier molecular flexibility index (Phi) is 3.76. The maximum atomic E-state index is 10.6. The summed E-state index contributed by atoms with van der Waals surface area (Å²) in [6, 6.07) is 0. The van der Waals surface area contributed by atoms with Crippen LogP contribution in [0, 0.1) is 17.3 Å². The molecule has 1 saturated carbocycles. The summed E-state index contributed by atoms with van der Waals surface area (Å²) in [5.74, 6) is 0.517. The largest absolute Gasteiger partial charge is 0.481 e. The molecule has 0 aromatic rings. The Morgan fingerprint density at radius 1 is 1.29 bits per heavy atom. The Labute approximate surface area is 104 Å². The average molecular weight is 239 g/mol. The number of nitrogens with zero attached hydrogens (tertiary/aromatic N) is 1. The number of carboxylic acid groups (broad SMARTS) is 1. The maximum Gasteiger partial charge on any atom is 0.303 e. The molecule has 2 rings (SSSR count). The van der Waals surface area contributed by atoms with Gasteiger partial charge in [-0.2, -0.15) is 0 Å². The van der Waals surface area contributed by atoms with E-state index in [9.17, 15) is 4.79 Å². The molecule has 1 N–H and O–H groups in total. The molecule has 0 aromatic carbocycles. The van der Waals surface area contributed by atoms with E-state index in [2.05, 4.69) is 18.7 Å². The number of rotatable bonds is 7. The molecule has 1 aliphatic carbocycles. The molecule has 3 nitrogen and oxygen atoms in total. The second kappa shape index (κ2) is 4.97. The molecule has 1 aliphatic heterocycles. The van der Waals surface area contributed by atoms with Crippen molar-refractivity contribution in [2.45, 2.75) is 46.0 Å². The Balaban J connectivity index is 1.64. The maximum absolute atomic E-state index is 10.6. The average Bonchev–Trinajstić information content (AvgIpc) is 2.95. The van der Waals surface area contributed by atoms with Gasteiger partial charge in [-0.1, -0.05) is 13.8 Å². The van der Waals surface area contributed by atoms with Crippen molar-refractivity contribution in [2.24, 2.45) is 17.3 Å². The first kappa shape index (κ1) is 12.9. The zero-order valence-electron chi connectivity index (χ0n) is 11.1. The summed E-state index contributed by atoms with van der Waals surface area (Å²) in [6.45, 7) is 8.20. The molecule has 2 fully saturated rings. The molecule has 17 heavy (non-hydrogen) atoms. The fraction of sp³-hybridized carbons (Fsp3) is 0.929. The van der Waals surface area contributed by atoms with E-state index in [4.69, 9.17) is 5.11 Å². The standard InChI is InChI=1S/C14H25NO2/c1-11(2)12(3-4-13(16)17)5-8-15-9-14(10-15)6-7-14/h11-12H,3-10H2,1-2H3,(H,16,17). The summed E-state index contributed by atoms with van der Waals surface area (Å²) in [7, 11) is 0. The summed E-state index contributed by atoms with van der Waals surface area (Å²) >= 11 is 0. The quantitative estimate of drug-likeness (QED) is 0.742. The van der Waals surface area contributed by atoms with Crippen molar-refractivity contribution in [3.05, 3.63) is 0 Å². The summed E-state index contributed by atoms with van der Waals surface area (Å²) < 4.78 is 0. The number of carboxylic acids is 1. The summed E-state index contributed by atoms with van der Waals surface area (Å²) in [5.41, 5.74) is 0.744. The van der Waals surface area contributed by atoms with Gasteiger partial charge in [-0.3, -0.25) is 4.79 Å². The van der Waals surface area contributed by atoms with Gasteiger partial charge in [-0.15, -0.1) is 0 Å². The van der Waals surface area contributed by atoms with Crippen molar-refractivity contribution in [1.29, 1.82) is 0 Å². The van der Waals surface area contributed by atoms with Crippen LogP contribution in [-0.4, -0.2) is 35.6 Å². The van der Waals surface area contributed by atoms with E-state index in [1.807, 2.05) is 0 Å². The van der Waals surface area contributed by atoms with E-state index in [1.54, 1.807) is 0 Å². The SMILES string of the molecule is CC(C)C(CCC(=O)O)CCN1CC2(CC2)C1. The zero-order valence-corrected chi connectivity index (χ0v) is 11.1. The van der Waals surface area contributed by atoms with Gasteiger partial charge >= 0.3 is 5.97 Å². The van der Waals surface area contributed by atoms with Gasteiger partial charge in [0, 0.05) is 19.5 Å². The lowest BCUT2D eigenvalue weighted by molar-refractivity contribution is -0.137. The Hall–Kier alpha value is -0.570. The van der Waals surface area contributed by atoms with Crippen molar-refractivity contribution < 1.29 is 9.90 Å². The minimum atomic E-state index is -0.656. The highest BCUT2D eigenvalue weighted by Gasteiger charge is 2.51. The van der Waals surface area contributed by atoms with Crippen LogP contribution in [0.1, 0.15) is 46.0 Å². The van der Waals surface area contributed by atoms with Crippen LogP contribution in [0.3, 0.4) is 0 Å². The minimum Gasteiger partial charge on any atom is -0.481 e. The summed E-state index contributed by atoms with van der Waals surface area (Å²) in [5, 5.41) is 8.75. The number of likely N-dealkylation sites (tertiary alicyclic amines) is 1. The second-order valence-electron chi connectivity index (χ2n) is 6.44. The molecule has 0 radical (unpaired) electrons. The van der Waals surface area contributed by atoms with Crippen LogP contribution in [0.4, 0.5) is 0 Å². The van der Waals surface area contributed by atoms with E-state index in [1.165, 1.54) is 38.9 Å². The lowest BCUT2D eigenvalue weighted by Gasteiger charge is -2.41. The van der Waals surface area contributed by atoms with E-state index >= 15 is 0 Å². The van der Waals surface area contributed by atoms with Gasteiger partial charge in [0.05, 0.1) is 0 Å². The zero-order chi connectivity index (χ0) is 12.5. The van der Waals surface area contributed by atoms with Crippen LogP contribution in [-0.2, 0) is 4.79 Å². The van der Waals surface area contributed by atoms with Gasteiger partial charge in [0.1, 0.15) is 0 Å². The van der Waals surface area contributed by atoms with E-state index < -0.39 is 5.97 Å². The summed E-state index contributed by atoms with van der Waals surface area (Å²) in [4.78, 5) is 13.2. The van der Waals surface area contributed by atoms with Crippen molar-refractivity contribution >= 4 is 5.97 Å². The monoisotopic (exact) mass is 239 g/mol. The summed E-state index contributed by atoms with van der Waals surface area (Å²) in [6.07, 6.45) is 5.21. The highest BCUT2D eigenvalue weighted by Crippen LogP contribution is 2.52. The van der Waals surface area contributed by atoms with Crippen molar-refractivity contribution in [3.63, 3.8) is 0 Å². The predicted octanol–water partition coefficient (Wildman–Crippen LogP) is 2.61. The van der Waals surface area contributed by atoms with Gasteiger partial charge < -0.3 is 10.0 Å². The van der Waals surface area contributed by atoms with Crippen molar-refractivity contribution in [3.8, 4) is 0 Å². The Morgan fingerprint density at radius 2 is 1.94 bits per heavy atom. The molecular formula is C14H25NO2. The fourth-order valence-corrected chi connectivity index (χ4v) is 3.02. The van der Waals surface area contributed by atoms with Crippen LogP contribution in [0.15, 0.2) is 0 Å². The Morgan fingerprint density at radius 3 is 2.41 bits per heavy atom. The smallest absolute Gasteiger partial charge is 0.303 e. The molecule has 0 amide bonds. The predicted molar refractivity (Wildman–Crippen MR) is 67.9 cm³/mol. The van der Waals surface area contributed by atoms with E-state index in [0.717, 1.165) is 11.8 Å². The van der Waals surface area contributed by atoms with Crippen LogP contribution in [0.5, 0.6) is 0 Å². The molecule has 1 unspecified atom stereocenters. The molecule has 2 aliphatic rings. The van der Waals surface area contributed by atoms with Gasteiger partial charge in [-0.05, 0) is 49.5 Å². The number of aliphatic carboxylic acids is 1. The van der Waals surface area contributed by atoms with Crippen LogP contribution in [0.2, 0.25) is 0 Å². The third-order valence-corrected chi connectivity index (χ3v) is 4.56. The van der Waals surface area contributed by atoms with Gasteiger partial charge in [0.2, 0.25) is 0 Å². The molecular weight excluding hydrogens is 214 g/mol. The third-order valence-electron chi connectivity index (χ3n) is 4.56. The van der Waals surface area contributed by atoms with Crippen LogP contribution in [0.25, 0.3) is 0 Å². The Bertz CT molecular complexity index is 276. The lowest BCUT2D eigenvalue weighted by Crippen LogP contribution is -2.48. The minimum absolute atomic E-state index is 0.326. The molecule has 1 saturated heterocycles. The van der Waals surface area contributed by atoms with Crippen LogP contribution >= 0.6 is 0 Å². The first-order valence-corrected chi connectivity index (χ1v) is 6.95. The molecule has 3 heteroatoms. The topological polar surface area (TPSA) is 40.5 Å². The van der Waals surface area contributed by atoms with E-state index in [0.29, 0.717) is 18.3 Å².